The van der Waals surface area contributed by atoms with Crippen molar-refractivity contribution in [1.29, 1.82) is 0 Å². The largest absolute Gasteiger partial charge is 0.507 e. The molecule has 0 spiro atoms. The number of nitrogens with one attached hydrogen (secondary N) is 1. The van der Waals surface area contributed by atoms with E-state index in [4.69, 9.17) is 25.8 Å². The second-order valence-corrected chi connectivity index (χ2v) is 7.86. The molecule has 1 amide bonds. The van der Waals surface area contributed by atoms with Crippen LogP contribution in [-0.4, -0.2) is 60.1 Å². The highest BCUT2D eigenvalue weighted by molar-refractivity contribution is 6.31. The van der Waals surface area contributed by atoms with Crippen LogP contribution < -0.4 is 9.47 Å². The lowest BCUT2D eigenvalue weighted by molar-refractivity contribution is 0.0677. The summed E-state index contributed by atoms with van der Waals surface area (Å²) in [5.74, 6) is 0.894. The number of carbonyl (C=O) groups excluding carboxylic acids is 1. The maximum atomic E-state index is 13.3. The molecule has 0 bridgehead atoms. The number of hydrogen-bond acceptors (Lipinski definition) is 6. The monoisotopic (exact) mass is 469 g/mol. The highest BCUT2D eigenvalue weighted by Crippen LogP contribution is 2.46. The first-order chi connectivity index (χ1) is 16.0. The highest BCUT2D eigenvalue weighted by atomic mass is 35.5. The Morgan fingerprint density at radius 2 is 2.06 bits per heavy atom. The molecular formula is C24H24ClN3O5. The molecule has 2 N–H and O–H groups in total. The Bertz CT molecular complexity index is 1190. The summed E-state index contributed by atoms with van der Waals surface area (Å²) in [5.41, 5.74) is 2.69. The minimum Gasteiger partial charge on any atom is -0.507 e. The van der Waals surface area contributed by atoms with Crippen molar-refractivity contribution in [3.63, 3.8) is 0 Å². The lowest BCUT2D eigenvalue weighted by Crippen LogP contribution is -2.32. The van der Waals surface area contributed by atoms with Gasteiger partial charge in [0.25, 0.3) is 5.91 Å². The summed E-state index contributed by atoms with van der Waals surface area (Å²) in [6, 6.07) is 9.74. The minimum absolute atomic E-state index is 0.0148. The number of hydrogen-bond donors (Lipinski definition) is 2. The van der Waals surface area contributed by atoms with Crippen LogP contribution in [0.4, 0.5) is 0 Å². The molecule has 1 unspecified atom stereocenters. The van der Waals surface area contributed by atoms with Gasteiger partial charge in [-0.1, -0.05) is 30.3 Å². The zero-order chi connectivity index (χ0) is 23.5. The molecule has 1 aliphatic rings. The third-order valence-corrected chi connectivity index (χ3v) is 5.71. The highest BCUT2D eigenvalue weighted by Gasteiger charge is 2.42. The SMILES string of the molecule is C=CCOc1ccc(C2c3c(-c4cc(Cl)ccc4O)n[nH]c3C(=O)N2CCOC)cc1OC. The lowest BCUT2D eigenvalue weighted by Gasteiger charge is -2.26. The van der Waals surface area contributed by atoms with Gasteiger partial charge in [0, 0.05) is 29.8 Å². The van der Waals surface area contributed by atoms with Crippen LogP contribution in [0, 0.1) is 0 Å². The summed E-state index contributed by atoms with van der Waals surface area (Å²) in [6.07, 6.45) is 1.65. The van der Waals surface area contributed by atoms with Gasteiger partial charge in [0.05, 0.1) is 19.8 Å². The molecule has 0 radical (unpaired) electrons. The zero-order valence-electron chi connectivity index (χ0n) is 18.3. The third kappa shape index (κ3) is 4.15. The Balaban J connectivity index is 1.86. The number of benzene rings is 2. The number of H-pyrrole nitrogens is 1. The number of rotatable bonds is 9. The van der Waals surface area contributed by atoms with Crippen LogP contribution in [0.5, 0.6) is 17.2 Å². The van der Waals surface area contributed by atoms with Gasteiger partial charge in [-0.05, 0) is 35.9 Å². The smallest absolute Gasteiger partial charge is 0.273 e. The minimum atomic E-state index is -0.489. The Kier molecular flexibility index (Phi) is 6.57. The van der Waals surface area contributed by atoms with E-state index in [0.717, 1.165) is 5.56 Å². The van der Waals surface area contributed by atoms with E-state index in [2.05, 4.69) is 16.8 Å². The van der Waals surface area contributed by atoms with E-state index in [1.807, 2.05) is 12.1 Å². The van der Waals surface area contributed by atoms with Gasteiger partial charge >= 0.3 is 0 Å². The van der Waals surface area contributed by atoms with Gasteiger partial charge in [-0.15, -0.1) is 0 Å². The molecular weight excluding hydrogens is 446 g/mol. The number of aromatic hydroxyl groups is 1. The summed E-state index contributed by atoms with van der Waals surface area (Å²) in [4.78, 5) is 15.0. The van der Waals surface area contributed by atoms with Crippen molar-refractivity contribution in [2.24, 2.45) is 0 Å². The Morgan fingerprint density at radius 3 is 2.79 bits per heavy atom. The molecule has 1 aliphatic heterocycles. The van der Waals surface area contributed by atoms with Gasteiger partial charge in [0.2, 0.25) is 0 Å². The summed E-state index contributed by atoms with van der Waals surface area (Å²) < 4.78 is 16.4. The van der Waals surface area contributed by atoms with Crippen molar-refractivity contribution in [3.8, 4) is 28.5 Å². The molecule has 0 aliphatic carbocycles. The second kappa shape index (κ2) is 9.56. The number of aromatic nitrogens is 2. The molecule has 8 nitrogen and oxygen atoms in total. The number of ether oxygens (including phenoxy) is 3. The van der Waals surface area contributed by atoms with Crippen molar-refractivity contribution in [1.82, 2.24) is 15.1 Å². The summed E-state index contributed by atoms with van der Waals surface area (Å²) >= 11 is 6.18. The first-order valence-electron chi connectivity index (χ1n) is 10.3. The summed E-state index contributed by atoms with van der Waals surface area (Å²) in [7, 11) is 3.14. The van der Waals surface area contributed by atoms with E-state index in [0.29, 0.717) is 58.8 Å². The van der Waals surface area contributed by atoms with Gasteiger partial charge in [-0.2, -0.15) is 5.10 Å². The van der Waals surface area contributed by atoms with Crippen molar-refractivity contribution in [2.75, 3.05) is 34.0 Å². The summed E-state index contributed by atoms with van der Waals surface area (Å²) in [6.45, 7) is 4.72. The third-order valence-electron chi connectivity index (χ3n) is 5.47. The fraction of sp³-hybridized carbons (Fsp3) is 0.250. The summed E-state index contributed by atoms with van der Waals surface area (Å²) in [5, 5.41) is 18.2. The lowest BCUT2D eigenvalue weighted by atomic mass is 9.95. The zero-order valence-corrected chi connectivity index (χ0v) is 19.1. The van der Waals surface area contributed by atoms with Crippen LogP contribution in [-0.2, 0) is 4.74 Å². The Hall–Kier alpha value is -3.49. The van der Waals surface area contributed by atoms with Gasteiger partial charge in [-0.3, -0.25) is 9.89 Å². The average molecular weight is 470 g/mol. The van der Waals surface area contributed by atoms with E-state index in [-0.39, 0.29) is 11.7 Å². The number of halogens is 1. The molecule has 0 saturated carbocycles. The molecule has 0 fully saturated rings. The van der Waals surface area contributed by atoms with Crippen LogP contribution in [0.1, 0.15) is 27.7 Å². The van der Waals surface area contributed by atoms with Crippen molar-refractivity contribution in [3.05, 3.63) is 70.9 Å². The molecule has 3 aromatic rings. The van der Waals surface area contributed by atoms with Crippen LogP contribution >= 0.6 is 11.6 Å². The van der Waals surface area contributed by atoms with Crippen LogP contribution in [0.2, 0.25) is 5.02 Å². The van der Waals surface area contributed by atoms with Gasteiger partial charge in [0.15, 0.2) is 11.5 Å². The predicted octanol–water partition coefficient (Wildman–Crippen LogP) is 4.20. The van der Waals surface area contributed by atoms with E-state index in [1.54, 1.807) is 43.4 Å². The number of methoxy groups -OCH3 is 2. The number of aromatic amines is 1. The predicted molar refractivity (Wildman–Crippen MR) is 124 cm³/mol. The van der Waals surface area contributed by atoms with Gasteiger partial charge < -0.3 is 24.2 Å². The first kappa shape index (κ1) is 22.7. The Labute approximate surface area is 196 Å². The van der Waals surface area contributed by atoms with Gasteiger partial charge in [0.1, 0.15) is 23.7 Å². The van der Waals surface area contributed by atoms with Crippen molar-refractivity contribution < 1.29 is 24.1 Å². The molecule has 2 heterocycles. The fourth-order valence-electron chi connectivity index (χ4n) is 3.99. The average Bonchev–Trinajstić information content (AvgIpc) is 3.36. The molecule has 2 aromatic carbocycles. The van der Waals surface area contributed by atoms with Crippen LogP contribution in [0.3, 0.4) is 0 Å². The van der Waals surface area contributed by atoms with E-state index < -0.39 is 6.04 Å². The molecule has 1 aromatic heterocycles. The van der Waals surface area contributed by atoms with E-state index in [1.165, 1.54) is 6.07 Å². The Morgan fingerprint density at radius 1 is 1.24 bits per heavy atom. The standard InChI is InChI=1S/C24H24ClN3O5/c1-4-10-33-18-8-5-14(12-19(18)32-3)23-20-21(16-13-15(25)6-7-17(16)29)26-27-22(20)24(30)28(23)9-11-31-2/h4-8,12-13,23,29H,1,9-11H2,2-3H3,(H,26,27). The number of amides is 1. The van der Waals surface area contributed by atoms with Gasteiger partial charge in [-0.25, -0.2) is 0 Å². The normalized spacial score (nSPS) is 14.9. The number of fused-ring (bicyclic) bond motifs is 1. The van der Waals surface area contributed by atoms with Crippen molar-refractivity contribution >= 4 is 17.5 Å². The maximum absolute atomic E-state index is 13.3. The molecule has 1 atom stereocenters. The maximum Gasteiger partial charge on any atom is 0.273 e. The fourth-order valence-corrected chi connectivity index (χ4v) is 4.16. The number of phenols is 1. The van der Waals surface area contributed by atoms with E-state index in [9.17, 15) is 9.90 Å². The number of nitrogens with zero attached hydrogens (tertiary/aromatic N) is 2. The number of phenolic OH excluding ortho intramolecular Hbond substituents is 1. The van der Waals surface area contributed by atoms with Crippen molar-refractivity contribution in [2.45, 2.75) is 6.04 Å². The van der Waals surface area contributed by atoms with Crippen LogP contribution in [0.15, 0.2) is 49.1 Å². The number of carbonyl (C=O) groups is 1. The van der Waals surface area contributed by atoms with E-state index >= 15 is 0 Å². The molecule has 9 heteroatoms. The second-order valence-electron chi connectivity index (χ2n) is 7.43. The quantitative estimate of drug-likeness (QED) is 0.456. The topological polar surface area (TPSA) is 96.9 Å². The molecule has 172 valence electrons. The first-order valence-corrected chi connectivity index (χ1v) is 10.7. The molecule has 4 rings (SSSR count). The molecule has 0 saturated heterocycles. The van der Waals surface area contributed by atoms with Crippen LogP contribution in [0.25, 0.3) is 11.3 Å². The molecule has 33 heavy (non-hydrogen) atoms.